The monoisotopic (exact) mass is 146 g/mol. The van der Waals surface area contributed by atoms with Crippen LogP contribution in [-0.4, -0.2) is 0 Å². The van der Waals surface area contributed by atoms with Crippen molar-refractivity contribution < 1.29 is 36.6 Å². The molecule has 0 heterocycles. The van der Waals surface area contributed by atoms with E-state index < -0.39 is 0 Å². The maximum absolute atomic E-state index is 7.94. The second kappa shape index (κ2) is 44.8. The van der Waals surface area contributed by atoms with Gasteiger partial charge in [-0.1, -0.05) is 7.43 Å². The quantitative estimate of drug-likeness (QED) is 0.455. The van der Waals surface area contributed by atoms with Gasteiger partial charge >= 0.3 is 19.5 Å². The van der Waals surface area contributed by atoms with Crippen LogP contribution in [0.4, 0.5) is 0 Å². The van der Waals surface area contributed by atoms with Crippen molar-refractivity contribution in [1.82, 2.24) is 0 Å². The van der Waals surface area contributed by atoms with Crippen molar-refractivity contribution in [3.05, 3.63) is 0 Å². The van der Waals surface area contributed by atoms with Crippen molar-refractivity contribution in [1.29, 1.82) is 0 Å². The molecule has 0 N–H and O–H groups in total. The van der Waals surface area contributed by atoms with E-state index in [2.05, 4.69) is 15.7 Å². The second-order valence-electron chi connectivity index (χ2n) is 0. The molecule has 0 saturated carbocycles. The molecule has 0 aromatic heterocycles. The Balaban J connectivity index is -0.00000000500. The Hall–Kier alpha value is 0.826. The van der Waals surface area contributed by atoms with E-state index in [0.29, 0.717) is 0 Å². The molecule has 0 saturated heterocycles. The van der Waals surface area contributed by atoms with E-state index in [1.807, 2.05) is 0 Å². The second-order valence-corrected chi connectivity index (χ2v) is 0. The Morgan fingerprint density at radius 2 is 1.25 bits per heavy atom. The first kappa shape index (κ1) is 21.2. The summed E-state index contributed by atoms with van der Waals surface area (Å²) in [6.45, 7) is 0. The maximum atomic E-state index is 7.94. The van der Waals surface area contributed by atoms with Crippen LogP contribution in [0, 0.1) is 0 Å². The zero-order valence-corrected chi connectivity index (χ0v) is 3.34. The minimum atomic E-state index is 0. The molecule has 0 aromatic carbocycles. The molecule has 0 fully saturated rings. The van der Waals surface area contributed by atoms with Gasteiger partial charge in [0, 0.05) is 17.1 Å². The van der Waals surface area contributed by atoms with Crippen molar-refractivity contribution in [2.45, 2.75) is 7.43 Å². The Morgan fingerprint density at radius 1 is 1.25 bits per heavy atom. The number of rotatable bonds is 0. The third-order valence-corrected chi connectivity index (χ3v) is 0. The zero-order valence-electron chi connectivity index (χ0n) is 1.12. The standard InChI is InChI=1S/CH4.Co.Mn.O/h1H4;;;. The molecule has 0 atom stereocenters. The summed E-state index contributed by atoms with van der Waals surface area (Å²) in [5.41, 5.74) is 0. The third-order valence-electron chi connectivity index (χ3n) is 0. The van der Waals surface area contributed by atoms with Crippen molar-refractivity contribution in [2.24, 2.45) is 0 Å². The molecule has 0 aliphatic heterocycles. The van der Waals surface area contributed by atoms with E-state index in [-0.39, 0.29) is 24.5 Å². The molecule has 0 spiro atoms. The summed E-state index contributed by atoms with van der Waals surface area (Å²) < 4.78 is 7.94. The fourth-order valence-corrected chi connectivity index (χ4v) is 0. The van der Waals surface area contributed by atoms with Gasteiger partial charge in [0.1, 0.15) is 0 Å². The van der Waals surface area contributed by atoms with Gasteiger partial charge in [-0.05, 0) is 0 Å². The first-order chi connectivity index (χ1) is 1.00. The van der Waals surface area contributed by atoms with Gasteiger partial charge in [-0.2, -0.15) is 0 Å². The normalized spacial score (nSPS) is 1.25. The average Bonchev–Trinajstić information content (AvgIpc) is 1.00. The Morgan fingerprint density at radius 3 is 1.25 bits per heavy atom. The van der Waals surface area contributed by atoms with E-state index in [9.17, 15) is 0 Å². The van der Waals surface area contributed by atoms with Crippen molar-refractivity contribution in [2.75, 3.05) is 0 Å². The predicted octanol–water partition coefficient (Wildman–Crippen LogP) is 0.512. The van der Waals surface area contributed by atoms with Gasteiger partial charge in [0.05, 0.1) is 0 Å². The molecular weight excluding hydrogens is 142 g/mol. The molecule has 0 aliphatic carbocycles. The molecule has 0 rings (SSSR count). The topological polar surface area (TPSA) is 17.1 Å². The first-order valence-corrected chi connectivity index (χ1v) is 0.561. The van der Waals surface area contributed by atoms with Gasteiger partial charge in [0.2, 0.25) is 0 Å². The van der Waals surface area contributed by atoms with Gasteiger partial charge in [-0.15, -0.1) is 0 Å². The Kier molecular flexibility index (Phi) is 237. The van der Waals surface area contributed by atoms with E-state index in [1.54, 1.807) is 0 Å². The molecule has 0 aliphatic rings. The van der Waals surface area contributed by atoms with Crippen LogP contribution in [0.2, 0.25) is 0 Å². The van der Waals surface area contributed by atoms with Crippen molar-refractivity contribution in [3.63, 3.8) is 0 Å². The van der Waals surface area contributed by atoms with Crippen LogP contribution in [0.1, 0.15) is 7.43 Å². The molecule has 0 aromatic rings. The van der Waals surface area contributed by atoms with Gasteiger partial charge in [-0.3, -0.25) is 0 Å². The molecule has 1 radical (unpaired) electrons. The van der Waals surface area contributed by atoms with Crippen LogP contribution >= 0.6 is 0 Å². The Labute approximate surface area is 44.4 Å². The minimum absolute atomic E-state index is 0. The Bertz CT molecular complexity index is 8.00. The summed E-state index contributed by atoms with van der Waals surface area (Å²) in [6.07, 6.45) is 0. The van der Waals surface area contributed by atoms with Gasteiger partial charge in [0.15, 0.2) is 0 Å². The first-order valence-electron chi connectivity index (χ1n) is 0.136. The van der Waals surface area contributed by atoms with Crippen LogP contribution in [0.3, 0.4) is 0 Å². The van der Waals surface area contributed by atoms with Crippen LogP contribution < -0.4 is 0 Å². The molecule has 0 bridgehead atoms. The summed E-state index contributed by atoms with van der Waals surface area (Å²) in [6, 6.07) is 0. The number of hydrogen-bond donors (Lipinski definition) is 0. The SMILES string of the molecule is C.[Mn].[O]=[Co]. The summed E-state index contributed by atoms with van der Waals surface area (Å²) >= 11 is 2.31. The molecule has 4 heavy (non-hydrogen) atoms. The molecule has 3 heteroatoms. The molecule has 0 amide bonds. The average molecular weight is 146 g/mol. The van der Waals surface area contributed by atoms with Crippen LogP contribution in [-0.2, 0) is 36.6 Å². The predicted molar refractivity (Wildman–Crippen MR) is 7.42 cm³/mol. The van der Waals surface area contributed by atoms with E-state index in [4.69, 9.17) is 3.87 Å². The van der Waals surface area contributed by atoms with Crippen LogP contribution in [0.25, 0.3) is 0 Å². The zero-order chi connectivity index (χ0) is 2.00. The van der Waals surface area contributed by atoms with Gasteiger partial charge in [0.25, 0.3) is 0 Å². The summed E-state index contributed by atoms with van der Waals surface area (Å²) in [7, 11) is 0. The summed E-state index contributed by atoms with van der Waals surface area (Å²) in [5, 5.41) is 0. The van der Waals surface area contributed by atoms with Gasteiger partial charge in [-0.25, -0.2) is 0 Å². The molecule has 30 valence electrons. The van der Waals surface area contributed by atoms with Crippen LogP contribution in [0.15, 0.2) is 0 Å². The van der Waals surface area contributed by atoms with E-state index in [0.717, 1.165) is 0 Å². The fraction of sp³-hybridized carbons (Fsp3) is 1.00. The third kappa shape index (κ3) is 13.8. The number of hydrogen-bond acceptors (Lipinski definition) is 1. The van der Waals surface area contributed by atoms with Crippen molar-refractivity contribution in [3.8, 4) is 0 Å². The molecule has 0 unspecified atom stereocenters. The summed E-state index contributed by atoms with van der Waals surface area (Å²) in [4.78, 5) is 0. The summed E-state index contributed by atoms with van der Waals surface area (Å²) in [5.74, 6) is 0. The van der Waals surface area contributed by atoms with Crippen molar-refractivity contribution >= 4 is 0 Å². The molecule has 1 nitrogen and oxygen atoms in total. The molecular formula is CH4CoMnO. The van der Waals surface area contributed by atoms with E-state index in [1.165, 1.54) is 0 Å². The van der Waals surface area contributed by atoms with E-state index >= 15 is 0 Å². The fourth-order valence-electron chi connectivity index (χ4n) is 0. The van der Waals surface area contributed by atoms with Crippen LogP contribution in [0.5, 0.6) is 0 Å². The van der Waals surface area contributed by atoms with Gasteiger partial charge < -0.3 is 0 Å².